The van der Waals surface area contributed by atoms with Gasteiger partial charge in [-0.3, -0.25) is 14.4 Å². The number of allylic oxidation sites excluding steroid dienone is 1. The highest BCUT2D eigenvalue weighted by Gasteiger charge is 2.50. The molecule has 2 aliphatic heterocycles. The number of Topliss-reactive ketones (excluding diaryl/α,β-unsaturated/α-hetero) is 1. The smallest absolute Gasteiger partial charge is 0.276 e. The Labute approximate surface area is 245 Å². The van der Waals surface area contributed by atoms with Crippen molar-refractivity contribution in [3.8, 4) is 11.5 Å². The Kier molecular flexibility index (Phi) is 6.89. The number of rotatable bonds is 6. The van der Waals surface area contributed by atoms with Crippen molar-refractivity contribution in [3.05, 3.63) is 81.7 Å². The molecule has 0 radical (unpaired) electrons. The molecule has 0 spiro atoms. The maximum Gasteiger partial charge on any atom is 0.276 e. The van der Waals surface area contributed by atoms with Gasteiger partial charge < -0.3 is 14.2 Å². The van der Waals surface area contributed by atoms with Crippen molar-refractivity contribution in [3.63, 3.8) is 0 Å². The van der Waals surface area contributed by atoms with Crippen LogP contribution in [0.3, 0.4) is 0 Å². The summed E-state index contributed by atoms with van der Waals surface area (Å²) >= 11 is 6.00. The number of fused-ring (bicyclic) bond motifs is 3. The largest absolute Gasteiger partial charge is 0.441 e. The third-order valence-electron chi connectivity index (χ3n) is 8.73. The first-order valence-electron chi connectivity index (χ1n) is 14.2. The minimum atomic E-state index is -0.442. The summed E-state index contributed by atoms with van der Waals surface area (Å²) in [5.41, 5.74) is 3.67. The number of aryl methyl sites for hydroxylation is 1. The third kappa shape index (κ3) is 5.12. The van der Waals surface area contributed by atoms with Gasteiger partial charge in [-0.05, 0) is 60.2 Å². The lowest BCUT2D eigenvalue weighted by Gasteiger charge is -2.39. The molecular weight excluding hydrogens is 538 g/mol. The average molecular weight is 572 g/mol. The van der Waals surface area contributed by atoms with Crippen LogP contribution in [0.5, 0.6) is 0 Å². The number of aromatic nitrogens is 1. The van der Waals surface area contributed by atoms with Crippen LogP contribution in [0.1, 0.15) is 61.0 Å². The lowest BCUT2D eigenvalue weighted by atomic mass is 9.76. The van der Waals surface area contributed by atoms with Gasteiger partial charge >= 0.3 is 0 Å². The van der Waals surface area contributed by atoms with Crippen LogP contribution in [0, 0.1) is 18.3 Å². The summed E-state index contributed by atoms with van der Waals surface area (Å²) in [5.74, 6) is 0.259. The molecule has 0 saturated carbocycles. The van der Waals surface area contributed by atoms with Gasteiger partial charge in [0.2, 0.25) is 11.8 Å². The first kappa shape index (κ1) is 27.5. The number of likely N-dealkylation sites (tertiary alicyclic amines) is 2. The molecule has 1 aromatic heterocycles. The first-order valence-corrected chi connectivity index (χ1v) is 14.5. The van der Waals surface area contributed by atoms with Crippen LogP contribution in [-0.2, 0) is 16.0 Å². The summed E-state index contributed by atoms with van der Waals surface area (Å²) < 4.78 is 5.83. The lowest BCUT2D eigenvalue weighted by Crippen LogP contribution is -2.53. The van der Waals surface area contributed by atoms with Crippen molar-refractivity contribution in [1.82, 2.24) is 14.8 Å². The van der Waals surface area contributed by atoms with Gasteiger partial charge in [0.25, 0.3) is 5.91 Å². The molecular formula is C33H34ClN3O4. The Morgan fingerprint density at radius 1 is 1.02 bits per heavy atom. The third-order valence-corrected chi connectivity index (χ3v) is 8.98. The number of hydrogen-bond donors (Lipinski definition) is 0. The molecule has 41 heavy (non-hydrogen) atoms. The van der Waals surface area contributed by atoms with Crippen molar-refractivity contribution < 1.29 is 18.8 Å². The zero-order valence-electron chi connectivity index (χ0n) is 23.8. The Bertz CT molecular complexity index is 1570. The van der Waals surface area contributed by atoms with E-state index in [0.29, 0.717) is 41.9 Å². The molecule has 2 fully saturated rings. The van der Waals surface area contributed by atoms with E-state index in [1.165, 1.54) is 0 Å². The number of amides is 2. The molecule has 2 amide bonds. The van der Waals surface area contributed by atoms with Crippen LogP contribution in [-0.4, -0.2) is 57.6 Å². The highest BCUT2D eigenvalue weighted by molar-refractivity contribution is 6.30. The minimum Gasteiger partial charge on any atom is -0.441 e. The second-order valence-electron chi connectivity index (χ2n) is 12.5. The molecule has 6 rings (SSSR count). The van der Waals surface area contributed by atoms with Gasteiger partial charge in [-0.15, -0.1) is 0 Å². The number of benzene rings is 2. The van der Waals surface area contributed by atoms with Crippen molar-refractivity contribution in [2.75, 3.05) is 13.1 Å². The molecule has 2 saturated heterocycles. The Hall–Kier alpha value is -3.71. The van der Waals surface area contributed by atoms with E-state index < -0.39 is 5.92 Å². The maximum absolute atomic E-state index is 13.9. The zero-order chi connectivity index (χ0) is 29.1. The fourth-order valence-electron chi connectivity index (χ4n) is 6.37. The van der Waals surface area contributed by atoms with Crippen LogP contribution < -0.4 is 0 Å². The number of ketones is 1. The summed E-state index contributed by atoms with van der Waals surface area (Å²) in [7, 11) is 0. The first-order chi connectivity index (χ1) is 19.5. The van der Waals surface area contributed by atoms with Crippen molar-refractivity contribution in [2.45, 2.75) is 59.0 Å². The molecule has 212 valence electrons. The van der Waals surface area contributed by atoms with Gasteiger partial charge in [-0.25, -0.2) is 4.98 Å². The predicted molar refractivity (Wildman–Crippen MR) is 157 cm³/mol. The molecule has 0 N–H and O–H groups in total. The van der Waals surface area contributed by atoms with Gasteiger partial charge in [0, 0.05) is 42.1 Å². The summed E-state index contributed by atoms with van der Waals surface area (Å²) in [5, 5.41) is 0.611. The average Bonchev–Trinajstić information content (AvgIpc) is 3.73. The monoisotopic (exact) mass is 571 g/mol. The highest BCUT2D eigenvalue weighted by atomic mass is 35.5. The molecule has 3 aromatic rings. The Morgan fingerprint density at radius 2 is 1.71 bits per heavy atom. The quantitative estimate of drug-likeness (QED) is 0.363. The molecule has 3 atom stereocenters. The van der Waals surface area contributed by atoms with Crippen LogP contribution in [0.2, 0.25) is 5.02 Å². The second kappa shape index (κ2) is 10.3. The highest BCUT2D eigenvalue weighted by Crippen LogP contribution is 2.39. The molecule has 0 unspecified atom stereocenters. The van der Waals surface area contributed by atoms with E-state index in [4.69, 9.17) is 16.0 Å². The van der Waals surface area contributed by atoms with Crippen molar-refractivity contribution >= 4 is 35.3 Å². The van der Waals surface area contributed by atoms with E-state index in [9.17, 15) is 14.4 Å². The van der Waals surface area contributed by atoms with Crippen molar-refractivity contribution in [1.29, 1.82) is 0 Å². The van der Waals surface area contributed by atoms with Crippen molar-refractivity contribution in [2.24, 2.45) is 11.3 Å². The maximum atomic E-state index is 13.9. The van der Waals surface area contributed by atoms with Crippen LogP contribution >= 0.6 is 11.6 Å². The number of carbonyl (C=O) groups excluding carboxylic acids is 3. The van der Waals surface area contributed by atoms with Crippen LogP contribution in [0.4, 0.5) is 0 Å². The van der Waals surface area contributed by atoms with E-state index >= 15 is 0 Å². The van der Waals surface area contributed by atoms with Gasteiger partial charge in [0.1, 0.15) is 5.76 Å². The molecule has 8 heteroatoms. The lowest BCUT2D eigenvalue weighted by molar-refractivity contribution is -0.143. The van der Waals surface area contributed by atoms with E-state index in [2.05, 4.69) is 4.98 Å². The molecule has 1 aliphatic carbocycles. The summed E-state index contributed by atoms with van der Waals surface area (Å²) in [4.78, 5) is 49.1. The topological polar surface area (TPSA) is 83.7 Å². The molecule has 2 bridgehead atoms. The summed E-state index contributed by atoms with van der Waals surface area (Å²) in [6, 6.07) is 15.0. The molecule has 3 heterocycles. The van der Waals surface area contributed by atoms with Crippen LogP contribution in [0.25, 0.3) is 17.5 Å². The minimum absolute atomic E-state index is 0.00389. The Balaban J connectivity index is 1.14. The van der Waals surface area contributed by atoms with E-state index in [0.717, 1.165) is 28.7 Å². The van der Waals surface area contributed by atoms with Gasteiger partial charge in [-0.2, -0.15) is 0 Å². The fraction of sp³-hybridized carbons (Fsp3) is 0.394. The fourth-order valence-corrected chi connectivity index (χ4v) is 6.50. The SMILES string of the molecule is Cc1oc(-c2ccc(Cl)cc2)nc1C(=O)N1C[C@@H]2C[C@H]1CN2C(=O)[C@@H](CC(=O)C1=Cc2ccccc2C1)C(C)(C)C. The summed E-state index contributed by atoms with van der Waals surface area (Å²) in [6.45, 7) is 8.73. The van der Waals surface area contributed by atoms with E-state index in [-0.39, 0.29) is 41.5 Å². The predicted octanol–water partition coefficient (Wildman–Crippen LogP) is 5.99. The van der Waals surface area contributed by atoms with Gasteiger partial charge in [-0.1, -0.05) is 56.6 Å². The van der Waals surface area contributed by atoms with Gasteiger partial charge in [0.05, 0.1) is 18.0 Å². The zero-order valence-corrected chi connectivity index (χ0v) is 24.6. The van der Waals surface area contributed by atoms with Gasteiger partial charge in [0.15, 0.2) is 11.5 Å². The van der Waals surface area contributed by atoms with E-state index in [1.807, 2.05) is 73.0 Å². The number of carbonyl (C=O) groups is 3. The number of nitrogens with zero attached hydrogens (tertiary/aromatic N) is 3. The second-order valence-corrected chi connectivity index (χ2v) is 12.9. The molecule has 7 nitrogen and oxygen atoms in total. The number of halogens is 1. The number of piperazine rings is 1. The van der Waals surface area contributed by atoms with Crippen LogP contribution in [0.15, 0.2) is 58.5 Å². The number of oxazole rings is 1. The summed E-state index contributed by atoms with van der Waals surface area (Å²) in [6.07, 6.45) is 3.49. The normalized spacial score (nSPS) is 20.3. The standard InChI is InChI=1S/C33H34ClN3O4/c1-19-29(35-30(41-19)20-9-11-24(34)12-10-20)32(40)37-18-25-15-26(37)17-36(25)31(39)27(33(2,3)4)16-28(38)23-13-21-7-5-6-8-22(21)14-23/h5-13,25-27H,14-18H2,1-4H3/t25-,26-,27+/m0/s1. The molecule has 3 aliphatic rings. The molecule has 2 aromatic carbocycles. The Morgan fingerprint density at radius 3 is 2.37 bits per heavy atom. The van der Waals surface area contributed by atoms with E-state index in [1.54, 1.807) is 19.1 Å². The number of hydrogen-bond acceptors (Lipinski definition) is 5.